The lowest BCUT2D eigenvalue weighted by Crippen LogP contribution is -2.44. The number of aliphatic hydroxyl groups excluding tert-OH is 1. The molecule has 0 aliphatic heterocycles. The maximum atomic E-state index is 12.3. The summed E-state index contributed by atoms with van der Waals surface area (Å²) in [5.41, 5.74) is 3.77. The fourth-order valence-corrected chi connectivity index (χ4v) is 3.75. The molecule has 3 N–H and O–H groups in total. The van der Waals surface area contributed by atoms with Crippen molar-refractivity contribution in [3.8, 4) is 11.1 Å². The van der Waals surface area contributed by atoms with Crippen molar-refractivity contribution in [2.24, 2.45) is 0 Å². The number of alkyl carbamates (subject to hydrolysis) is 1. The Labute approximate surface area is 182 Å². The van der Waals surface area contributed by atoms with Crippen molar-refractivity contribution in [2.75, 3.05) is 6.61 Å². The van der Waals surface area contributed by atoms with E-state index in [-0.39, 0.29) is 25.4 Å². The Kier molecular flexibility index (Phi) is 6.97. The van der Waals surface area contributed by atoms with E-state index in [2.05, 4.69) is 5.32 Å². The van der Waals surface area contributed by atoms with E-state index in [0.717, 1.165) is 22.3 Å². The molecule has 0 spiro atoms. The predicted octanol–water partition coefficient (Wildman–Crippen LogP) is 3.33. The summed E-state index contributed by atoms with van der Waals surface area (Å²) in [6, 6.07) is 14.9. The van der Waals surface area contributed by atoms with Gasteiger partial charge in [-0.2, -0.15) is 0 Å². The van der Waals surface area contributed by atoms with Gasteiger partial charge in [0.25, 0.3) is 0 Å². The molecule has 0 aromatic heterocycles. The first-order valence-electron chi connectivity index (χ1n) is 10.3. The molecule has 2 aromatic rings. The number of rotatable bonds is 7. The lowest BCUT2D eigenvalue weighted by atomic mass is 9.98. The minimum absolute atomic E-state index is 0.0107. The van der Waals surface area contributed by atoms with E-state index in [4.69, 9.17) is 9.47 Å². The topological polar surface area (TPSA) is 105 Å². The molecule has 0 saturated carbocycles. The van der Waals surface area contributed by atoms with Gasteiger partial charge in [-0.15, -0.1) is 0 Å². The third-order valence-electron chi connectivity index (χ3n) is 5.09. The molecule has 0 fully saturated rings. The molecule has 0 heterocycles. The zero-order valence-electron chi connectivity index (χ0n) is 18.0. The predicted molar refractivity (Wildman–Crippen MR) is 115 cm³/mol. The Hall–Kier alpha value is -2.90. The third kappa shape index (κ3) is 5.83. The van der Waals surface area contributed by atoms with Crippen LogP contribution in [0.15, 0.2) is 48.5 Å². The van der Waals surface area contributed by atoms with E-state index in [1.54, 1.807) is 20.8 Å². The first kappa shape index (κ1) is 22.8. The van der Waals surface area contributed by atoms with Crippen LogP contribution in [-0.2, 0) is 14.3 Å². The standard InChI is InChI=1S/C24H29NO6/c1-24(2,3)31-21(26)13-12-20(22(27)28)25-23(29)30-14-19-17-10-6-4-8-15(17)16-9-5-7-11-18(16)19/h4-11,19-20,22,27-28H,12-14H2,1-3H3,(H,25,29). The van der Waals surface area contributed by atoms with Crippen LogP contribution < -0.4 is 5.32 Å². The maximum absolute atomic E-state index is 12.3. The molecular weight excluding hydrogens is 398 g/mol. The summed E-state index contributed by atoms with van der Waals surface area (Å²) in [7, 11) is 0. The molecular formula is C24H29NO6. The van der Waals surface area contributed by atoms with Crippen LogP contribution in [0, 0.1) is 0 Å². The van der Waals surface area contributed by atoms with E-state index >= 15 is 0 Å². The minimum Gasteiger partial charge on any atom is -0.460 e. The van der Waals surface area contributed by atoms with Crippen LogP contribution in [0.1, 0.15) is 50.7 Å². The number of carbonyl (C=O) groups is 2. The van der Waals surface area contributed by atoms with Crippen LogP contribution in [0.25, 0.3) is 11.1 Å². The van der Waals surface area contributed by atoms with Gasteiger partial charge in [-0.25, -0.2) is 4.79 Å². The zero-order chi connectivity index (χ0) is 22.6. The quantitative estimate of drug-likeness (QED) is 0.462. The van der Waals surface area contributed by atoms with Crippen molar-refractivity contribution < 1.29 is 29.3 Å². The largest absolute Gasteiger partial charge is 0.460 e. The van der Waals surface area contributed by atoms with Gasteiger partial charge in [0.1, 0.15) is 12.2 Å². The molecule has 1 aliphatic carbocycles. The number of esters is 1. The molecule has 0 radical (unpaired) electrons. The van der Waals surface area contributed by atoms with E-state index in [1.165, 1.54) is 0 Å². The Balaban J connectivity index is 1.58. The van der Waals surface area contributed by atoms with Gasteiger partial charge >= 0.3 is 12.1 Å². The maximum Gasteiger partial charge on any atom is 0.407 e. The summed E-state index contributed by atoms with van der Waals surface area (Å²) in [6.45, 7) is 5.36. The number of benzene rings is 2. The monoisotopic (exact) mass is 427 g/mol. The highest BCUT2D eigenvalue weighted by atomic mass is 16.6. The lowest BCUT2D eigenvalue weighted by molar-refractivity contribution is -0.155. The average Bonchev–Trinajstić information content (AvgIpc) is 3.02. The Morgan fingerprint density at radius 2 is 1.55 bits per heavy atom. The summed E-state index contributed by atoms with van der Waals surface area (Å²) in [4.78, 5) is 24.2. The molecule has 3 rings (SSSR count). The number of hydrogen-bond donors (Lipinski definition) is 3. The smallest absolute Gasteiger partial charge is 0.407 e. The SMILES string of the molecule is CC(C)(C)OC(=O)CCC(NC(=O)OCC1c2ccccc2-c2ccccc21)C(O)O. The van der Waals surface area contributed by atoms with E-state index < -0.39 is 30.0 Å². The zero-order valence-corrected chi connectivity index (χ0v) is 18.0. The first-order chi connectivity index (χ1) is 14.7. The summed E-state index contributed by atoms with van der Waals surface area (Å²) < 4.78 is 10.6. The molecule has 0 bridgehead atoms. The average molecular weight is 427 g/mol. The molecule has 2 aromatic carbocycles. The van der Waals surface area contributed by atoms with Crippen LogP contribution in [0.4, 0.5) is 4.79 Å². The number of carbonyl (C=O) groups excluding carboxylic acids is 2. The third-order valence-corrected chi connectivity index (χ3v) is 5.09. The summed E-state index contributed by atoms with van der Waals surface area (Å²) >= 11 is 0. The van der Waals surface area contributed by atoms with Gasteiger partial charge in [0, 0.05) is 12.3 Å². The number of amides is 1. The van der Waals surface area contributed by atoms with Crippen molar-refractivity contribution in [2.45, 2.75) is 57.5 Å². The normalized spacial score (nSPS) is 14.0. The molecule has 31 heavy (non-hydrogen) atoms. The van der Waals surface area contributed by atoms with E-state index in [0.29, 0.717) is 0 Å². The Morgan fingerprint density at radius 3 is 2.06 bits per heavy atom. The van der Waals surface area contributed by atoms with Crippen molar-refractivity contribution in [1.29, 1.82) is 0 Å². The molecule has 1 unspecified atom stereocenters. The molecule has 7 nitrogen and oxygen atoms in total. The second kappa shape index (κ2) is 9.49. The fourth-order valence-electron chi connectivity index (χ4n) is 3.75. The molecule has 1 amide bonds. The number of nitrogens with one attached hydrogen (secondary N) is 1. The summed E-state index contributed by atoms with van der Waals surface area (Å²) in [5, 5.41) is 21.6. The van der Waals surface area contributed by atoms with Crippen LogP contribution in [0.5, 0.6) is 0 Å². The summed E-state index contributed by atoms with van der Waals surface area (Å²) in [6.07, 6.45) is -2.66. The fraction of sp³-hybridized carbons (Fsp3) is 0.417. The van der Waals surface area contributed by atoms with Gasteiger partial charge in [0.2, 0.25) is 0 Å². The van der Waals surface area contributed by atoms with Crippen molar-refractivity contribution in [1.82, 2.24) is 5.32 Å². The Morgan fingerprint density at radius 1 is 1.00 bits per heavy atom. The van der Waals surface area contributed by atoms with Crippen LogP contribution in [-0.4, -0.2) is 46.8 Å². The highest BCUT2D eigenvalue weighted by Crippen LogP contribution is 2.44. The van der Waals surface area contributed by atoms with Crippen molar-refractivity contribution in [3.05, 3.63) is 59.7 Å². The Bertz CT molecular complexity index is 888. The van der Waals surface area contributed by atoms with Crippen molar-refractivity contribution >= 4 is 12.1 Å². The highest BCUT2D eigenvalue weighted by molar-refractivity contribution is 5.79. The van der Waals surface area contributed by atoms with Crippen LogP contribution in [0.2, 0.25) is 0 Å². The van der Waals surface area contributed by atoms with Gasteiger partial charge in [-0.05, 0) is 49.4 Å². The van der Waals surface area contributed by atoms with Gasteiger partial charge < -0.3 is 25.0 Å². The highest BCUT2D eigenvalue weighted by Gasteiger charge is 2.30. The number of aliphatic hydroxyl groups is 2. The second-order valence-electron chi connectivity index (χ2n) is 8.62. The van der Waals surface area contributed by atoms with Crippen LogP contribution >= 0.6 is 0 Å². The first-order valence-corrected chi connectivity index (χ1v) is 10.3. The lowest BCUT2D eigenvalue weighted by Gasteiger charge is -2.23. The van der Waals surface area contributed by atoms with E-state index in [9.17, 15) is 19.8 Å². The summed E-state index contributed by atoms with van der Waals surface area (Å²) in [5.74, 6) is -0.579. The van der Waals surface area contributed by atoms with Gasteiger partial charge in [0.05, 0.1) is 6.04 Å². The number of fused-ring (bicyclic) bond motifs is 3. The second-order valence-corrected chi connectivity index (χ2v) is 8.62. The van der Waals surface area contributed by atoms with E-state index in [1.807, 2.05) is 48.5 Å². The number of ether oxygens (including phenoxy) is 2. The molecule has 1 atom stereocenters. The number of hydrogen-bond acceptors (Lipinski definition) is 6. The molecule has 7 heteroatoms. The van der Waals surface area contributed by atoms with Gasteiger partial charge in [-0.1, -0.05) is 48.5 Å². The molecule has 1 aliphatic rings. The van der Waals surface area contributed by atoms with Gasteiger partial charge in [-0.3, -0.25) is 4.79 Å². The van der Waals surface area contributed by atoms with Gasteiger partial charge in [0.15, 0.2) is 6.29 Å². The molecule has 166 valence electrons. The van der Waals surface area contributed by atoms with Crippen LogP contribution in [0.3, 0.4) is 0 Å². The molecule has 0 saturated heterocycles. The minimum atomic E-state index is -1.83. The van der Waals surface area contributed by atoms with Crippen molar-refractivity contribution in [3.63, 3.8) is 0 Å².